The number of nitrogens with zero attached hydrogens (tertiary/aromatic N) is 3. The van der Waals surface area contributed by atoms with E-state index in [1.54, 1.807) is 6.33 Å². The Labute approximate surface area is 196 Å². The lowest BCUT2D eigenvalue weighted by Crippen LogP contribution is -2.11. The molecule has 0 saturated heterocycles. The average Bonchev–Trinajstić information content (AvgIpc) is 3.25. The Bertz CT molecular complexity index is 1280. The lowest BCUT2D eigenvalue weighted by Gasteiger charge is -2.21. The second-order valence-corrected chi connectivity index (χ2v) is 8.75. The van der Waals surface area contributed by atoms with Crippen molar-refractivity contribution in [1.29, 1.82) is 5.26 Å². The third-order valence-corrected chi connectivity index (χ3v) is 6.09. The van der Waals surface area contributed by atoms with Crippen LogP contribution in [0.3, 0.4) is 0 Å². The van der Waals surface area contributed by atoms with E-state index in [1.165, 1.54) is 5.56 Å². The summed E-state index contributed by atoms with van der Waals surface area (Å²) in [5, 5.41) is 9.75. The molecular weight excluding hydrogens is 406 g/mol. The zero-order valence-corrected chi connectivity index (χ0v) is 19.6. The first kappa shape index (κ1) is 22.5. The number of ether oxygens (including phenoxy) is 1. The van der Waals surface area contributed by atoms with Crippen LogP contribution in [0.4, 0.5) is 0 Å². The molecule has 0 aliphatic rings. The zero-order chi connectivity index (χ0) is 23.4. The van der Waals surface area contributed by atoms with Crippen LogP contribution < -0.4 is 0 Å². The zero-order valence-electron chi connectivity index (χ0n) is 19.6. The molecule has 3 aromatic carbocycles. The summed E-state index contributed by atoms with van der Waals surface area (Å²) in [5.41, 5.74) is 8.17. The van der Waals surface area contributed by atoms with Crippen LogP contribution in [0.5, 0.6) is 0 Å². The van der Waals surface area contributed by atoms with Gasteiger partial charge < -0.3 is 9.30 Å². The van der Waals surface area contributed by atoms with Crippen LogP contribution >= 0.6 is 0 Å². The first-order valence-electron chi connectivity index (χ1n) is 11.2. The predicted octanol–water partition coefficient (Wildman–Crippen LogP) is 6.70. The van der Waals surface area contributed by atoms with E-state index in [2.05, 4.69) is 74.3 Å². The number of benzene rings is 3. The maximum Gasteiger partial charge on any atom is 0.124 e. The van der Waals surface area contributed by atoms with E-state index in [9.17, 15) is 5.26 Å². The van der Waals surface area contributed by atoms with Crippen molar-refractivity contribution in [2.45, 2.75) is 39.4 Å². The fraction of sp³-hybridized carbons (Fsp3) is 0.241. The molecule has 0 aliphatic heterocycles. The Balaban J connectivity index is 1.71. The fourth-order valence-corrected chi connectivity index (χ4v) is 4.07. The molecule has 0 radical (unpaired) electrons. The van der Waals surface area contributed by atoms with Crippen molar-refractivity contribution in [1.82, 2.24) is 9.55 Å². The third kappa shape index (κ3) is 4.89. The molecule has 0 bridgehead atoms. The summed E-state index contributed by atoms with van der Waals surface area (Å²) in [6, 6.07) is 25.1. The van der Waals surface area contributed by atoms with Gasteiger partial charge in [-0.3, -0.25) is 0 Å². The largest absolute Gasteiger partial charge is 0.363 e. The van der Waals surface area contributed by atoms with Gasteiger partial charge in [-0.1, -0.05) is 68.4 Å². The Morgan fingerprint density at radius 3 is 2.33 bits per heavy atom. The van der Waals surface area contributed by atoms with E-state index in [0.717, 1.165) is 33.5 Å². The second-order valence-electron chi connectivity index (χ2n) is 8.75. The van der Waals surface area contributed by atoms with Gasteiger partial charge in [-0.2, -0.15) is 5.26 Å². The van der Waals surface area contributed by atoms with Crippen LogP contribution in [0.1, 0.15) is 59.4 Å². The van der Waals surface area contributed by atoms with Gasteiger partial charge in [0.2, 0.25) is 0 Å². The topological polar surface area (TPSA) is 50.8 Å². The van der Waals surface area contributed by atoms with Crippen molar-refractivity contribution in [3.05, 3.63) is 113 Å². The number of nitriles is 1. The van der Waals surface area contributed by atoms with Crippen LogP contribution in [0.25, 0.3) is 11.1 Å². The molecule has 1 unspecified atom stereocenters. The summed E-state index contributed by atoms with van der Waals surface area (Å²) in [5.74, 6) is 0.501. The van der Waals surface area contributed by atoms with Gasteiger partial charge in [-0.05, 0) is 52.8 Å². The van der Waals surface area contributed by atoms with E-state index >= 15 is 0 Å². The molecule has 4 heteroatoms. The number of imidazole rings is 1. The fourth-order valence-electron chi connectivity index (χ4n) is 4.07. The maximum absolute atomic E-state index is 9.75. The van der Waals surface area contributed by atoms with Crippen molar-refractivity contribution >= 4 is 0 Å². The van der Waals surface area contributed by atoms with Gasteiger partial charge in [0.15, 0.2) is 0 Å². The van der Waals surface area contributed by atoms with E-state index < -0.39 is 0 Å². The Morgan fingerprint density at radius 1 is 0.970 bits per heavy atom. The Kier molecular flexibility index (Phi) is 6.72. The second kappa shape index (κ2) is 9.85. The molecule has 4 nitrogen and oxygen atoms in total. The number of rotatable bonds is 7. The summed E-state index contributed by atoms with van der Waals surface area (Å²) in [6.07, 6.45) is 3.32. The standard InChI is InChI=1S/C29H29N3O/c1-20(2)23-11-9-22(10-12-23)18-33-29(28-17-31-19-32(28)4)24-13-14-25(16-30)27(15-24)26-8-6-5-7-21(26)3/h5-15,17,19-20,29H,18H2,1-4H3. The SMILES string of the molecule is Cc1ccccc1-c1cc(C(OCc2ccc(C(C)C)cc2)c2cncn2C)ccc1C#N. The van der Waals surface area contributed by atoms with Gasteiger partial charge in [-0.25, -0.2) is 4.98 Å². The minimum Gasteiger partial charge on any atom is -0.363 e. The summed E-state index contributed by atoms with van der Waals surface area (Å²) in [4.78, 5) is 4.31. The molecule has 1 atom stereocenters. The van der Waals surface area contributed by atoms with Crippen LogP contribution in [0, 0.1) is 18.3 Å². The Hall–Kier alpha value is -3.68. The molecule has 0 saturated carbocycles. The first-order valence-corrected chi connectivity index (χ1v) is 11.2. The molecule has 1 aromatic heterocycles. The highest BCUT2D eigenvalue weighted by Crippen LogP contribution is 2.33. The van der Waals surface area contributed by atoms with Gasteiger partial charge >= 0.3 is 0 Å². The number of aryl methyl sites for hydroxylation is 2. The molecule has 0 aliphatic carbocycles. The van der Waals surface area contributed by atoms with E-state index in [4.69, 9.17) is 4.74 Å². The molecule has 1 heterocycles. The number of hydrogen-bond donors (Lipinski definition) is 0. The van der Waals surface area contributed by atoms with E-state index in [0.29, 0.717) is 18.1 Å². The molecule has 0 amide bonds. The average molecular weight is 436 g/mol. The van der Waals surface area contributed by atoms with Crippen molar-refractivity contribution in [2.75, 3.05) is 0 Å². The van der Waals surface area contributed by atoms with E-state index in [-0.39, 0.29) is 6.10 Å². The highest BCUT2D eigenvalue weighted by Gasteiger charge is 2.21. The number of hydrogen-bond acceptors (Lipinski definition) is 3. The van der Waals surface area contributed by atoms with Crippen LogP contribution in [-0.4, -0.2) is 9.55 Å². The summed E-state index contributed by atoms with van der Waals surface area (Å²) >= 11 is 0. The molecule has 0 fully saturated rings. The van der Waals surface area contributed by atoms with Gasteiger partial charge in [0.25, 0.3) is 0 Å². The van der Waals surface area contributed by atoms with Gasteiger partial charge in [0.1, 0.15) is 6.10 Å². The predicted molar refractivity (Wildman–Crippen MR) is 132 cm³/mol. The quantitative estimate of drug-likeness (QED) is 0.325. The molecule has 4 aromatic rings. The van der Waals surface area contributed by atoms with Crippen LogP contribution in [-0.2, 0) is 18.4 Å². The lowest BCUT2D eigenvalue weighted by atomic mass is 9.93. The molecule has 33 heavy (non-hydrogen) atoms. The minimum atomic E-state index is -0.308. The molecule has 4 rings (SSSR count). The monoisotopic (exact) mass is 435 g/mol. The van der Waals surface area contributed by atoms with Crippen molar-refractivity contribution in [3.63, 3.8) is 0 Å². The van der Waals surface area contributed by atoms with Gasteiger partial charge in [-0.15, -0.1) is 0 Å². The Morgan fingerprint density at radius 2 is 1.70 bits per heavy atom. The molecule has 0 N–H and O–H groups in total. The van der Waals surface area contributed by atoms with Gasteiger partial charge in [0, 0.05) is 12.6 Å². The van der Waals surface area contributed by atoms with Crippen molar-refractivity contribution < 1.29 is 4.74 Å². The first-order chi connectivity index (χ1) is 16.0. The van der Waals surface area contributed by atoms with Crippen molar-refractivity contribution in [3.8, 4) is 17.2 Å². The smallest absolute Gasteiger partial charge is 0.124 e. The van der Waals surface area contributed by atoms with Crippen LogP contribution in [0.2, 0.25) is 0 Å². The van der Waals surface area contributed by atoms with Crippen LogP contribution in [0.15, 0.2) is 79.3 Å². The minimum absolute atomic E-state index is 0.308. The highest BCUT2D eigenvalue weighted by atomic mass is 16.5. The maximum atomic E-state index is 9.75. The number of aromatic nitrogens is 2. The summed E-state index contributed by atoms with van der Waals surface area (Å²) in [6.45, 7) is 6.94. The van der Waals surface area contributed by atoms with Crippen molar-refractivity contribution in [2.24, 2.45) is 7.05 Å². The highest BCUT2D eigenvalue weighted by molar-refractivity contribution is 5.74. The summed E-state index contributed by atoms with van der Waals surface area (Å²) in [7, 11) is 1.97. The van der Waals surface area contributed by atoms with Gasteiger partial charge in [0.05, 0.1) is 36.5 Å². The molecule has 166 valence electrons. The normalized spacial score (nSPS) is 12.0. The lowest BCUT2D eigenvalue weighted by molar-refractivity contribution is 0.0622. The van der Waals surface area contributed by atoms with E-state index in [1.807, 2.05) is 42.1 Å². The molecule has 0 spiro atoms. The third-order valence-electron chi connectivity index (χ3n) is 6.09. The summed E-state index contributed by atoms with van der Waals surface area (Å²) < 4.78 is 8.47. The molecular formula is C29H29N3O.